The van der Waals surface area contributed by atoms with Gasteiger partial charge in [0.1, 0.15) is 0 Å². The fraction of sp³-hybridized carbons (Fsp3) is 0.278. The molecule has 0 fully saturated rings. The highest BCUT2D eigenvalue weighted by Gasteiger charge is 2.35. The molecular weight excluding hydrogens is 262 g/mol. The van der Waals surface area contributed by atoms with Gasteiger partial charge in [0.05, 0.1) is 5.54 Å². The summed E-state index contributed by atoms with van der Waals surface area (Å²) in [6.07, 6.45) is 2.66. The number of carboxylic acids is 1. The summed E-state index contributed by atoms with van der Waals surface area (Å²) in [7, 11) is 0. The number of para-hydroxylation sites is 1. The molecule has 1 unspecified atom stereocenters. The van der Waals surface area contributed by atoms with E-state index < -0.39 is 5.97 Å². The standard InChI is InChI=1S/C18H19NO2/c20-17(21)11-13-18(15-7-2-1-3-8-15)12-10-14-6-4-5-9-16(14)19-18/h1-9,19H,10-13H2,(H,20,21). The Morgan fingerprint density at radius 2 is 1.81 bits per heavy atom. The fourth-order valence-corrected chi connectivity index (χ4v) is 3.15. The first-order valence-electron chi connectivity index (χ1n) is 7.33. The maximum atomic E-state index is 11.0. The maximum absolute atomic E-state index is 11.0. The van der Waals surface area contributed by atoms with Gasteiger partial charge >= 0.3 is 5.97 Å². The van der Waals surface area contributed by atoms with E-state index in [9.17, 15) is 4.79 Å². The third-order valence-corrected chi connectivity index (χ3v) is 4.30. The Kier molecular flexibility index (Phi) is 3.65. The summed E-state index contributed by atoms with van der Waals surface area (Å²) in [5.74, 6) is -0.744. The molecule has 3 nitrogen and oxygen atoms in total. The summed E-state index contributed by atoms with van der Waals surface area (Å²) in [4.78, 5) is 11.0. The van der Waals surface area contributed by atoms with E-state index in [1.807, 2.05) is 30.3 Å². The zero-order valence-corrected chi connectivity index (χ0v) is 11.9. The van der Waals surface area contributed by atoms with Crippen molar-refractivity contribution < 1.29 is 9.90 Å². The number of nitrogens with one attached hydrogen (secondary N) is 1. The van der Waals surface area contributed by atoms with Gasteiger partial charge < -0.3 is 10.4 Å². The lowest BCUT2D eigenvalue weighted by Crippen LogP contribution is -2.39. The van der Waals surface area contributed by atoms with Crippen molar-refractivity contribution >= 4 is 11.7 Å². The molecule has 2 N–H and O–H groups in total. The van der Waals surface area contributed by atoms with Crippen LogP contribution in [0.1, 0.15) is 30.4 Å². The van der Waals surface area contributed by atoms with E-state index in [1.54, 1.807) is 0 Å². The number of anilines is 1. The summed E-state index contributed by atoms with van der Waals surface area (Å²) in [5, 5.41) is 12.7. The number of carbonyl (C=O) groups is 1. The van der Waals surface area contributed by atoms with E-state index in [-0.39, 0.29) is 12.0 Å². The van der Waals surface area contributed by atoms with Crippen molar-refractivity contribution in [2.75, 3.05) is 5.32 Å². The molecule has 0 saturated carbocycles. The second-order valence-corrected chi connectivity index (χ2v) is 5.62. The van der Waals surface area contributed by atoms with Crippen LogP contribution < -0.4 is 5.32 Å². The smallest absolute Gasteiger partial charge is 0.303 e. The zero-order chi connectivity index (χ0) is 14.7. The molecule has 2 aromatic rings. The van der Waals surface area contributed by atoms with Crippen LogP contribution in [0.4, 0.5) is 5.69 Å². The molecule has 21 heavy (non-hydrogen) atoms. The first kappa shape index (κ1) is 13.7. The van der Waals surface area contributed by atoms with Gasteiger partial charge in [-0.25, -0.2) is 0 Å². The van der Waals surface area contributed by atoms with Gasteiger partial charge in [0.15, 0.2) is 0 Å². The number of rotatable bonds is 4. The van der Waals surface area contributed by atoms with Crippen molar-refractivity contribution in [1.82, 2.24) is 0 Å². The van der Waals surface area contributed by atoms with E-state index in [0.717, 1.165) is 18.5 Å². The largest absolute Gasteiger partial charge is 0.481 e. The summed E-state index contributed by atoms with van der Waals surface area (Å²) in [6.45, 7) is 0. The first-order valence-corrected chi connectivity index (χ1v) is 7.33. The van der Waals surface area contributed by atoms with Crippen LogP contribution >= 0.6 is 0 Å². The number of fused-ring (bicyclic) bond motifs is 1. The Bertz CT molecular complexity index is 639. The molecule has 0 spiro atoms. The SMILES string of the molecule is O=C(O)CCC1(c2ccccc2)CCc2ccccc2N1. The van der Waals surface area contributed by atoms with Gasteiger partial charge in [0.2, 0.25) is 0 Å². The van der Waals surface area contributed by atoms with Gasteiger partial charge in [-0.15, -0.1) is 0 Å². The summed E-state index contributed by atoms with van der Waals surface area (Å²) >= 11 is 0. The van der Waals surface area contributed by atoms with E-state index in [2.05, 4.69) is 29.6 Å². The van der Waals surface area contributed by atoms with Gasteiger partial charge in [-0.1, -0.05) is 48.5 Å². The van der Waals surface area contributed by atoms with Crippen LogP contribution in [0.15, 0.2) is 54.6 Å². The van der Waals surface area contributed by atoms with Crippen LogP contribution in [0.2, 0.25) is 0 Å². The predicted octanol–water partition coefficient (Wildman–Crippen LogP) is 3.81. The van der Waals surface area contributed by atoms with E-state index in [0.29, 0.717) is 6.42 Å². The Labute approximate surface area is 124 Å². The first-order chi connectivity index (χ1) is 10.2. The van der Waals surface area contributed by atoms with Crippen LogP contribution in [0, 0.1) is 0 Å². The Morgan fingerprint density at radius 1 is 1.10 bits per heavy atom. The van der Waals surface area contributed by atoms with E-state index >= 15 is 0 Å². The minimum absolute atomic E-state index is 0.171. The van der Waals surface area contributed by atoms with Crippen molar-refractivity contribution in [1.29, 1.82) is 0 Å². The highest BCUT2D eigenvalue weighted by Crippen LogP contribution is 2.40. The zero-order valence-electron chi connectivity index (χ0n) is 11.9. The highest BCUT2D eigenvalue weighted by molar-refractivity contribution is 5.67. The Hall–Kier alpha value is -2.29. The molecule has 3 rings (SSSR count). The number of aryl methyl sites for hydroxylation is 1. The molecule has 0 saturated heterocycles. The van der Waals surface area contributed by atoms with Crippen molar-refractivity contribution in [3.8, 4) is 0 Å². The average molecular weight is 281 g/mol. The van der Waals surface area contributed by atoms with Gasteiger partial charge in [-0.2, -0.15) is 0 Å². The minimum atomic E-state index is -0.744. The van der Waals surface area contributed by atoms with E-state index in [1.165, 1.54) is 11.1 Å². The monoisotopic (exact) mass is 281 g/mol. The quantitative estimate of drug-likeness (QED) is 0.896. The topological polar surface area (TPSA) is 49.3 Å². The molecule has 0 aromatic heterocycles. The molecule has 1 heterocycles. The lowest BCUT2D eigenvalue weighted by Gasteiger charge is -2.40. The molecule has 0 amide bonds. The fourth-order valence-electron chi connectivity index (χ4n) is 3.15. The third kappa shape index (κ3) is 2.77. The molecule has 1 aliphatic heterocycles. The van der Waals surface area contributed by atoms with Crippen molar-refractivity contribution in [3.05, 3.63) is 65.7 Å². The lowest BCUT2D eigenvalue weighted by molar-refractivity contribution is -0.137. The van der Waals surface area contributed by atoms with Crippen molar-refractivity contribution in [2.45, 2.75) is 31.2 Å². The van der Waals surface area contributed by atoms with Gasteiger partial charge in [0, 0.05) is 12.1 Å². The van der Waals surface area contributed by atoms with Gasteiger partial charge in [-0.3, -0.25) is 4.79 Å². The molecule has 0 bridgehead atoms. The van der Waals surface area contributed by atoms with Crippen LogP contribution in [-0.4, -0.2) is 11.1 Å². The molecular formula is C18H19NO2. The normalized spacial score (nSPS) is 20.4. The van der Waals surface area contributed by atoms with Gasteiger partial charge in [-0.05, 0) is 36.5 Å². The molecule has 0 aliphatic carbocycles. The molecule has 1 atom stereocenters. The molecule has 1 aliphatic rings. The van der Waals surface area contributed by atoms with Crippen molar-refractivity contribution in [2.24, 2.45) is 0 Å². The average Bonchev–Trinajstić information content (AvgIpc) is 2.53. The van der Waals surface area contributed by atoms with Crippen LogP contribution in [0.5, 0.6) is 0 Å². The Morgan fingerprint density at radius 3 is 2.57 bits per heavy atom. The van der Waals surface area contributed by atoms with E-state index in [4.69, 9.17) is 5.11 Å². The summed E-state index contributed by atoms with van der Waals surface area (Å²) in [6, 6.07) is 18.5. The van der Waals surface area contributed by atoms with Crippen LogP contribution in [0.3, 0.4) is 0 Å². The maximum Gasteiger partial charge on any atom is 0.303 e. The Balaban J connectivity index is 1.97. The number of hydrogen-bond donors (Lipinski definition) is 2. The molecule has 0 radical (unpaired) electrons. The molecule has 108 valence electrons. The second-order valence-electron chi connectivity index (χ2n) is 5.62. The predicted molar refractivity (Wildman–Crippen MR) is 83.4 cm³/mol. The lowest BCUT2D eigenvalue weighted by atomic mass is 9.77. The summed E-state index contributed by atoms with van der Waals surface area (Å²) < 4.78 is 0. The second kappa shape index (κ2) is 5.60. The third-order valence-electron chi connectivity index (χ3n) is 4.30. The molecule has 2 aromatic carbocycles. The number of aliphatic carboxylic acids is 1. The highest BCUT2D eigenvalue weighted by atomic mass is 16.4. The summed E-state index contributed by atoms with van der Waals surface area (Å²) in [5.41, 5.74) is 3.31. The van der Waals surface area contributed by atoms with Crippen LogP contribution in [-0.2, 0) is 16.8 Å². The van der Waals surface area contributed by atoms with Crippen LogP contribution in [0.25, 0.3) is 0 Å². The number of benzene rings is 2. The molecule has 3 heteroatoms. The van der Waals surface area contributed by atoms with Gasteiger partial charge in [0.25, 0.3) is 0 Å². The number of hydrogen-bond acceptors (Lipinski definition) is 2. The number of carboxylic acid groups (broad SMARTS) is 1. The van der Waals surface area contributed by atoms with Crippen molar-refractivity contribution in [3.63, 3.8) is 0 Å². The minimum Gasteiger partial charge on any atom is -0.481 e.